The molecular weight excluding hydrogens is 393 g/mol. The topological polar surface area (TPSA) is 44.4 Å². The molecule has 3 aliphatic rings. The predicted molar refractivity (Wildman–Crippen MR) is 119 cm³/mol. The number of halogens is 2. The maximum atomic E-state index is 12.5. The molecule has 2 aliphatic heterocycles. The van der Waals surface area contributed by atoms with Gasteiger partial charge in [0.2, 0.25) is 5.91 Å². The summed E-state index contributed by atoms with van der Waals surface area (Å²) >= 11 is 0. The summed E-state index contributed by atoms with van der Waals surface area (Å²) in [5.41, 5.74) is 2.92. The molecule has 1 aromatic rings. The number of nitrogens with zero attached hydrogens (tertiary/aromatic N) is 1. The van der Waals surface area contributed by atoms with E-state index < -0.39 is 0 Å². The van der Waals surface area contributed by atoms with Gasteiger partial charge in [0.15, 0.2) is 0 Å². The Morgan fingerprint density at radius 2 is 1.61 bits per heavy atom. The number of benzene rings is 1. The van der Waals surface area contributed by atoms with Gasteiger partial charge >= 0.3 is 0 Å². The molecule has 1 atom stereocenters. The highest BCUT2D eigenvalue weighted by Gasteiger charge is 2.57. The summed E-state index contributed by atoms with van der Waals surface area (Å²) in [7, 11) is 0. The van der Waals surface area contributed by atoms with Crippen molar-refractivity contribution < 1.29 is 4.79 Å². The number of carbonyl (C=O) groups is 1. The average Bonchev–Trinajstić information content (AvgIpc) is 3.42. The summed E-state index contributed by atoms with van der Waals surface area (Å²) in [6.45, 7) is 6.33. The minimum atomic E-state index is 0. The summed E-state index contributed by atoms with van der Waals surface area (Å²) in [5, 5.41) is 6.57. The Labute approximate surface area is 182 Å². The van der Waals surface area contributed by atoms with Crippen LogP contribution in [0.25, 0.3) is 0 Å². The number of piperidine rings is 1. The van der Waals surface area contributed by atoms with Crippen molar-refractivity contribution in [3.05, 3.63) is 35.4 Å². The van der Waals surface area contributed by atoms with Gasteiger partial charge in [0.05, 0.1) is 0 Å². The fourth-order valence-corrected chi connectivity index (χ4v) is 4.82. The number of likely N-dealkylation sites (tertiary alicyclic amines) is 1. The fourth-order valence-electron chi connectivity index (χ4n) is 4.82. The number of nitrogens with one attached hydrogen (secondary N) is 2. The zero-order valence-electron chi connectivity index (χ0n) is 16.8. The molecular formula is C22H35Cl2N3O. The van der Waals surface area contributed by atoms with Gasteiger partial charge in [0, 0.05) is 19.0 Å². The van der Waals surface area contributed by atoms with Crippen LogP contribution in [0, 0.1) is 11.3 Å². The first-order valence-electron chi connectivity index (χ1n) is 10.5. The minimum absolute atomic E-state index is 0. The highest BCUT2D eigenvalue weighted by atomic mass is 35.5. The van der Waals surface area contributed by atoms with Gasteiger partial charge in [-0.15, -0.1) is 24.8 Å². The van der Waals surface area contributed by atoms with Crippen molar-refractivity contribution in [1.29, 1.82) is 0 Å². The van der Waals surface area contributed by atoms with Gasteiger partial charge in [-0.1, -0.05) is 37.1 Å². The standard InChI is InChI=1S/C22H33N3O.2ClH/c26-21(20-15-22(20)9-11-23-12-10-22)24-16-18-5-7-19(8-6-18)17-25-13-3-1-2-4-14-25;;/h5-8,20,23H,1-4,9-17H2,(H,24,26);2*1H. The molecule has 3 fully saturated rings. The second-order valence-corrected chi connectivity index (χ2v) is 8.59. The van der Waals surface area contributed by atoms with E-state index in [2.05, 4.69) is 39.8 Å². The summed E-state index contributed by atoms with van der Waals surface area (Å²) in [5.74, 6) is 0.521. The molecule has 4 rings (SSSR count). The molecule has 1 saturated carbocycles. The Hall–Kier alpha value is -0.810. The maximum absolute atomic E-state index is 12.5. The Kier molecular flexibility index (Phi) is 9.07. The van der Waals surface area contributed by atoms with E-state index in [1.807, 2.05) is 0 Å². The lowest BCUT2D eigenvalue weighted by Gasteiger charge is -2.23. The second-order valence-electron chi connectivity index (χ2n) is 8.59. The van der Waals surface area contributed by atoms with Crippen LogP contribution in [0.15, 0.2) is 24.3 Å². The van der Waals surface area contributed by atoms with Crippen LogP contribution in [-0.4, -0.2) is 37.0 Å². The fraction of sp³-hybridized carbons (Fsp3) is 0.682. The summed E-state index contributed by atoms with van der Waals surface area (Å²) < 4.78 is 0. The normalized spacial score (nSPS) is 23.8. The zero-order valence-corrected chi connectivity index (χ0v) is 18.4. The van der Waals surface area contributed by atoms with Crippen molar-refractivity contribution in [2.24, 2.45) is 11.3 Å². The van der Waals surface area contributed by atoms with E-state index in [1.54, 1.807) is 0 Å². The van der Waals surface area contributed by atoms with Crippen molar-refractivity contribution in [3.8, 4) is 0 Å². The molecule has 1 spiro atoms. The van der Waals surface area contributed by atoms with Crippen molar-refractivity contribution >= 4 is 30.7 Å². The summed E-state index contributed by atoms with van der Waals surface area (Å²) in [6, 6.07) is 8.83. The smallest absolute Gasteiger partial charge is 0.223 e. The van der Waals surface area contributed by atoms with E-state index in [-0.39, 0.29) is 36.6 Å². The van der Waals surface area contributed by atoms with Crippen molar-refractivity contribution in [3.63, 3.8) is 0 Å². The Bertz CT molecular complexity index is 609. The molecule has 1 aromatic carbocycles. The molecule has 0 aromatic heterocycles. The van der Waals surface area contributed by atoms with Crippen LogP contribution in [0.5, 0.6) is 0 Å². The van der Waals surface area contributed by atoms with Gasteiger partial charge in [0.25, 0.3) is 0 Å². The first-order valence-corrected chi connectivity index (χ1v) is 10.5. The number of rotatable bonds is 5. The Morgan fingerprint density at radius 3 is 2.25 bits per heavy atom. The molecule has 0 radical (unpaired) electrons. The van der Waals surface area contributed by atoms with Gasteiger partial charge in [-0.2, -0.15) is 0 Å². The van der Waals surface area contributed by atoms with Crippen LogP contribution in [0.1, 0.15) is 56.1 Å². The lowest BCUT2D eigenvalue weighted by molar-refractivity contribution is -0.123. The van der Waals surface area contributed by atoms with Gasteiger partial charge < -0.3 is 10.6 Å². The van der Waals surface area contributed by atoms with Crippen LogP contribution < -0.4 is 10.6 Å². The van der Waals surface area contributed by atoms with Gasteiger partial charge in [-0.3, -0.25) is 9.69 Å². The number of hydrogen-bond acceptors (Lipinski definition) is 3. The van der Waals surface area contributed by atoms with E-state index in [4.69, 9.17) is 0 Å². The molecule has 0 bridgehead atoms. The highest BCUT2D eigenvalue weighted by molar-refractivity contribution is 5.85. The molecule has 4 nitrogen and oxygen atoms in total. The third kappa shape index (κ3) is 5.85. The largest absolute Gasteiger partial charge is 0.352 e. The number of carbonyl (C=O) groups excluding carboxylic acids is 1. The molecule has 1 unspecified atom stereocenters. The van der Waals surface area contributed by atoms with Crippen LogP contribution in [0.2, 0.25) is 0 Å². The lowest BCUT2D eigenvalue weighted by atomic mass is 9.92. The highest BCUT2D eigenvalue weighted by Crippen LogP contribution is 2.58. The SMILES string of the molecule is Cl.Cl.O=C(NCc1ccc(CN2CCCCCC2)cc1)C1CC12CCNCC2. The van der Waals surface area contributed by atoms with Gasteiger partial charge in [-0.25, -0.2) is 0 Å². The summed E-state index contributed by atoms with van der Waals surface area (Å²) in [4.78, 5) is 15.1. The van der Waals surface area contributed by atoms with Crippen LogP contribution in [0.4, 0.5) is 0 Å². The third-order valence-corrected chi connectivity index (χ3v) is 6.70. The molecule has 6 heteroatoms. The quantitative estimate of drug-likeness (QED) is 0.748. The molecule has 2 heterocycles. The van der Waals surface area contributed by atoms with Crippen molar-refractivity contribution in [2.45, 2.75) is 58.0 Å². The first kappa shape index (κ1) is 23.5. The third-order valence-electron chi connectivity index (χ3n) is 6.70. The molecule has 158 valence electrons. The van der Waals surface area contributed by atoms with E-state index in [0.717, 1.165) is 38.9 Å². The lowest BCUT2D eigenvalue weighted by Crippen LogP contribution is -2.33. The molecule has 28 heavy (non-hydrogen) atoms. The Balaban J connectivity index is 0.00000140. The van der Waals surface area contributed by atoms with Crippen molar-refractivity contribution in [1.82, 2.24) is 15.5 Å². The molecule has 1 aliphatic carbocycles. The van der Waals surface area contributed by atoms with Gasteiger partial charge in [-0.05, 0) is 74.8 Å². The van der Waals surface area contributed by atoms with E-state index in [0.29, 0.717) is 12.0 Å². The Morgan fingerprint density at radius 1 is 1.00 bits per heavy atom. The van der Waals surface area contributed by atoms with Crippen LogP contribution >= 0.6 is 24.8 Å². The molecule has 1 amide bonds. The predicted octanol–water partition coefficient (Wildman–Crippen LogP) is 3.91. The van der Waals surface area contributed by atoms with Gasteiger partial charge in [0.1, 0.15) is 0 Å². The number of hydrogen-bond donors (Lipinski definition) is 2. The number of amides is 1. The van der Waals surface area contributed by atoms with E-state index in [9.17, 15) is 4.79 Å². The average molecular weight is 428 g/mol. The minimum Gasteiger partial charge on any atom is -0.352 e. The van der Waals surface area contributed by atoms with E-state index >= 15 is 0 Å². The maximum Gasteiger partial charge on any atom is 0.223 e. The monoisotopic (exact) mass is 427 g/mol. The van der Waals surface area contributed by atoms with Crippen molar-refractivity contribution in [2.75, 3.05) is 26.2 Å². The summed E-state index contributed by atoms with van der Waals surface area (Å²) in [6.07, 6.45) is 8.86. The second kappa shape index (κ2) is 10.8. The van der Waals surface area contributed by atoms with E-state index in [1.165, 1.54) is 49.9 Å². The molecule has 2 saturated heterocycles. The molecule has 2 N–H and O–H groups in total. The zero-order chi connectivity index (χ0) is 17.8. The first-order chi connectivity index (χ1) is 12.8. The van der Waals surface area contributed by atoms with Crippen LogP contribution in [0.3, 0.4) is 0 Å². The van der Waals surface area contributed by atoms with Crippen LogP contribution in [-0.2, 0) is 17.9 Å².